The number of ether oxygens (including phenoxy) is 1. The van der Waals surface area contributed by atoms with Gasteiger partial charge in [0.1, 0.15) is 5.75 Å². The number of hydrogen-bond donors (Lipinski definition) is 2. The molecule has 3 amide bonds. The van der Waals surface area contributed by atoms with Gasteiger partial charge >= 0.3 is 0 Å². The average Bonchev–Trinajstić information content (AvgIpc) is 2.99. The quantitative estimate of drug-likeness (QED) is 0.762. The Labute approximate surface area is 169 Å². The maximum atomic E-state index is 12.9. The highest BCUT2D eigenvalue weighted by atomic mass is 16.5. The number of anilines is 1. The van der Waals surface area contributed by atoms with Crippen LogP contribution in [-0.2, 0) is 0 Å². The van der Waals surface area contributed by atoms with E-state index in [1.165, 1.54) is 6.07 Å². The van der Waals surface area contributed by atoms with Gasteiger partial charge in [0.25, 0.3) is 17.7 Å². The zero-order chi connectivity index (χ0) is 20.4. The van der Waals surface area contributed by atoms with Crippen LogP contribution in [0.15, 0.2) is 42.5 Å². The maximum absolute atomic E-state index is 12.9. The summed E-state index contributed by atoms with van der Waals surface area (Å²) in [5.41, 5.74) is 1.40. The van der Waals surface area contributed by atoms with Crippen LogP contribution >= 0.6 is 0 Å². The van der Waals surface area contributed by atoms with Crippen molar-refractivity contribution in [1.82, 2.24) is 10.6 Å². The van der Waals surface area contributed by atoms with E-state index in [1.54, 1.807) is 36.4 Å². The Morgan fingerprint density at radius 3 is 2.59 bits per heavy atom. The van der Waals surface area contributed by atoms with Crippen LogP contribution in [0.2, 0.25) is 0 Å². The van der Waals surface area contributed by atoms with E-state index < -0.39 is 11.8 Å². The molecule has 2 aliphatic rings. The summed E-state index contributed by atoms with van der Waals surface area (Å²) < 4.78 is 5.41. The van der Waals surface area contributed by atoms with Crippen molar-refractivity contribution < 1.29 is 19.1 Å². The van der Waals surface area contributed by atoms with Crippen molar-refractivity contribution in [3.63, 3.8) is 0 Å². The van der Waals surface area contributed by atoms with Gasteiger partial charge in [0.05, 0.1) is 23.4 Å². The predicted octanol–water partition coefficient (Wildman–Crippen LogP) is 2.37. The summed E-state index contributed by atoms with van der Waals surface area (Å²) in [4.78, 5) is 39.4. The summed E-state index contributed by atoms with van der Waals surface area (Å²) in [5, 5.41) is 6.24. The van der Waals surface area contributed by atoms with Crippen LogP contribution in [0.3, 0.4) is 0 Å². The largest absolute Gasteiger partial charge is 0.494 e. The molecule has 1 fully saturated rings. The number of nitrogens with zero attached hydrogens (tertiary/aromatic N) is 1. The van der Waals surface area contributed by atoms with Crippen LogP contribution in [0, 0.1) is 0 Å². The Morgan fingerprint density at radius 1 is 1.14 bits per heavy atom. The van der Waals surface area contributed by atoms with E-state index in [9.17, 15) is 14.4 Å². The number of carbonyl (C=O) groups excluding carboxylic acids is 3. The first kappa shape index (κ1) is 19.1. The van der Waals surface area contributed by atoms with Gasteiger partial charge in [-0.3, -0.25) is 14.4 Å². The first-order valence-electron chi connectivity index (χ1n) is 9.85. The molecule has 0 saturated carbocycles. The van der Waals surface area contributed by atoms with Crippen LogP contribution < -0.4 is 20.3 Å². The van der Waals surface area contributed by atoms with E-state index in [1.807, 2.05) is 6.92 Å². The van der Waals surface area contributed by atoms with Gasteiger partial charge in [-0.25, -0.2) is 4.90 Å². The first-order valence-corrected chi connectivity index (χ1v) is 9.85. The second-order valence-corrected chi connectivity index (χ2v) is 7.15. The molecule has 2 aromatic carbocycles. The molecule has 2 heterocycles. The van der Waals surface area contributed by atoms with Crippen LogP contribution in [0.4, 0.5) is 5.69 Å². The summed E-state index contributed by atoms with van der Waals surface area (Å²) in [6.45, 7) is 4.12. The number of hydrogen-bond acceptors (Lipinski definition) is 5. The molecule has 7 heteroatoms. The molecule has 0 radical (unpaired) electrons. The van der Waals surface area contributed by atoms with Crippen LogP contribution in [0.5, 0.6) is 5.75 Å². The van der Waals surface area contributed by atoms with Crippen molar-refractivity contribution in [1.29, 1.82) is 0 Å². The van der Waals surface area contributed by atoms with Crippen molar-refractivity contribution >= 4 is 23.4 Å². The molecular formula is C22H23N3O4. The summed E-state index contributed by atoms with van der Waals surface area (Å²) in [5.74, 6) is -0.383. The number of amides is 3. The van der Waals surface area contributed by atoms with E-state index in [0.717, 1.165) is 30.8 Å². The smallest absolute Gasteiger partial charge is 0.266 e. The fraction of sp³-hybridized carbons (Fsp3) is 0.318. The van der Waals surface area contributed by atoms with Crippen molar-refractivity contribution in [2.75, 3.05) is 24.6 Å². The van der Waals surface area contributed by atoms with Gasteiger partial charge < -0.3 is 15.4 Å². The number of nitrogens with one attached hydrogen (secondary N) is 2. The molecule has 2 N–H and O–H groups in total. The lowest BCUT2D eigenvalue weighted by Gasteiger charge is -2.23. The van der Waals surface area contributed by atoms with Gasteiger partial charge in [-0.2, -0.15) is 0 Å². The lowest BCUT2D eigenvalue weighted by molar-refractivity contribution is 0.0919. The Bertz CT molecular complexity index is 949. The molecule has 2 aliphatic heterocycles. The van der Waals surface area contributed by atoms with Crippen LogP contribution in [0.25, 0.3) is 0 Å². The molecule has 0 spiro atoms. The molecule has 0 unspecified atom stereocenters. The third-order valence-electron chi connectivity index (χ3n) is 5.19. The zero-order valence-electron chi connectivity index (χ0n) is 16.2. The van der Waals surface area contributed by atoms with Crippen molar-refractivity contribution in [3.8, 4) is 5.75 Å². The maximum Gasteiger partial charge on any atom is 0.266 e. The first-order chi connectivity index (χ1) is 14.1. The monoisotopic (exact) mass is 393 g/mol. The lowest BCUT2D eigenvalue weighted by Crippen LogP contribution is -2.45. The van der Waals surface area contributed by atoms with Gasteiger partial charge in [0, 0.05) is 18.2 Å². The third kappa shape index (κ3) is 3.73. The van der Waals surface area contributed by atoms with Gasteiger partial charge in [-0.05, 0) is 68.8 Å². The minimum Gasteiger partial charge on any atom is -0.494 e. The molecule has 0 aromatic heterocycles. The number of rotatable bonds is 5. The normalized spacial score (nSPS) is 18.5. The van der Waals surface area contributed by atoms with Gasteiger partial charge in [0.2, 0.25) is 0 Å². The molecule has 29 heavy (non-hydrogen) atoms. The van der Waals surface area contributed by atoms with Crippen molar-refractivity contribution in [2.45, 2.75) is 25.8 Å². The second kappa shape index (κ2) is 8.05. The van der Waals surface area contributed by atoms with Gasteiger partial charge in [-0.1, -0.05) is 0 Å². The van der Waals surface area contributed by atoms with Crippen molar-refractivity contribution in [2.24, 2.45) is 0 Å². The Balaban J connectivity index is 1.55. The number of carbonyl (C=O) groups is 3. The fourth-order valence-electron chi connectivity index (χ4n) is 3.72. The lowest BCUT2D eigenvalue weighted by atomic mass is 10.0. The molecule has 1 atom stereocenters. The Hall–Kier alpha value is -3.19. The Morgan fingerprint density at radius 2 is 1.90 bits per heavy atom. The number of piperidine rings is 1. The number of benzene rings is 2. The SMILES string of the molecule is CCOc1ccc(N2C(=O)c3ccc(C(=O)N[C@H]4CCCNC4)cc3C2=O)cc1. The molecule has 1 saturated heterocycles. The molecular weight excluding hydrogens is 370 g/mol. The summed E-state index contributed by atoms with van der Waals surface area (Å²) in [6, 6.07) is 11.5. The molecule has 2 aromatic rings. The molecule has 7 nitrogen and oxygen atoms in total. The minimum atomic E-state index is -0.428. The second-order valence-electron chi connectivity index (χ2n) is 7.15. The number of fused-ring (bicyclic) bond motifs is 1. The summed E-state index contributed by atoms with van der Waals surface area (Å²) in [7, 11) is 0. The zero-order valence-corrected chi connectivity index (χ0v) is 16.2. The highest BCUT2D eigenvalue weighted by Gasteiger charge is 2.37. The van der Waals surface area contributed by atoms with Crippen LogP contribution in [-0.4, -0.2) is 43.5 Å². The minimum absolute atomic E-state index is 0.0715. The standard InChI is InChI=1S/C22H23N3O4/c1-2-29-17-8-6-16(7-9-17)25-21(27)18-10-5-14(12-19(18)22(25)28)20(26)24-15-4-3-11-23-13-15/h5-10,12,15,23H,2-4,11,13H2,1H3,(H,24,26)/t15-/m0/s1. The molecule has 0 aliphatic carbocycles. The van der Waals surface area contributed by atoms with Gasteiger partial charge in [0.15, 0.2) is 0 Å². The van der Waals surface area contributed by atoms with E-state index in [2.05, 4.69) is 10.6 Å². The number of imide groups is 1. The average molecular weight is 393 g/mol. The topological polar surface area (TPSA) is 87.7 Å². The van der Waals surface area contributed by atoms with E-state index >= 15 is 0 Å². The van der Waals surface area contributed by atoms with Gasteiger partial charge in [-0.15, -0.1) is 0 Å². The van der Waals surface area contributed by atoms with E-state index in [0.29, 0.717) is 29.2 Å². The van der Waals surface area contributed by atoms with E-state index in [4.69, 9.17) is 4.74 Å². The van der Waals surface area contributed by atoms with E-state index in [-0.39, 0.29) is 17.5 Å². The predicted molar refractivity (Wildman–Crippen MR) is 109 cm³/mol. The van der Waals surface area contributed by atoms with Crippen molar-refractivity contribution in [3.05, 3.63) is 59.2 Å². The van der Waals surface area contributed by atoms with Crippen LogP contribution in [0.1, 0.15) is 50.8 Å². The summed E-state index contributed by atoms with van der Waals surface area (Å²) >= 11 is 0. The fourth-order valence-corrected chi connectivity index (χ4v) is 3.72. The Kier molecular flexibility index (Phi) is 5.31. The highest BCUT2D eigenvalue weighted by molar-refractivity contribution is 6.34. The highest BCUT2D eigenvalue weighted by Crippen LogP contribution is 2.30. The molecule has 0 bridgehead atoms. The summed E-state index contributed by atoms with van der Waals surface area (Å²) in [6.07, 6.45) is 1.94. The molecule has 4 rings (SSSR count). The third-order valence-corrected chi connectivity index (χ3v) is 5.19. The molecule has 150 valence electrons.